The van der Waals surface area contributed by atoms with Gasteiger partial charge in [-0.25, -0.2) is 4.98 Å². The number of nitrogens with zero attached hydrogens (tertiary/aromatic N) is 2. The summed E-state index contributed by atoms with van der Waals surface area (Å²) in [7, 11) is 0. The van der Waals surface area contributed by atoms with Crippen LogP contribution < -0.4 is 5.73 Å². The Balaban J connectivity index is 2.25. The number of rotatable bonds is 6. The zero-order valence-corrected chi connectivity index (χ0v) is 12.7. The number of imidazole rings is 1. The molecule has 0 radical (unpaired) electrons. The third-order valence-electron chi connectivity index (χ3n) is 3.00. The maximum absolute atomic E-state index is 11.9. The van der Waals surface area contributed by atoms with E-state index in [1.54, 1.807) is 11.8 Å². The Morgan fingerprint density at radius 1 is 1.43 bits per heavy atom. The Kier molecular flexibility index (Phi) is 4.85. The van der Waals surface area contributed by atoms with E-state index in [0.29, 0.717) is 5.75 Å². The van der Waals surface area contributed by atoms with Gasteiger partial charge in [-0.1, -0.05) is 12.1 Å². The van der Waals surface area contributed by atoms with E-state index in [4.69, 9.17) is 10.5 Å². The number of para-hydroxylation sites is 2. The number of amides is 1. The van der Waals surface area contributed by atoms with E-state index >= 15 is 0 Å². The first-order valence-corrected chi connectivity index (χ1v) is 7.84. The van der Waals surface area contributed by atoms with Crippen molar-refractivity contribution in [1.29, 1.82) is 0 Å². The molecule has 1 atom stereocenters. The minimum atomic E-state index is -0.934. The summed E-state index contributed by atoms with van der Waals surface area (Å²) in [4.78, 5) is 27.4. The normalized spacial score (nSPS) is 12.3. The van der Waals surface area contributed by atoms with E-state index in [1.165, 1.54) is 6.92 Å². The number of hydrogen-bond donors (Lipinski definition) is 1. The fourth-order valence-electron chi connectivity index (χ4n) is 1.96. The van der Waals surface area contributed by atoms with Crippen molar-refractivity contribution in [3.8, 4) is 0 Å². The largest absolute Gasteiger partial charge is 0.451 e. The molecule has 0 unspecified atom stereocenters. The molecule has 6 nitrogen and oxygen atoms in total. The van der Waals surface area contributed by atoms with Crippen LogP contribution in [-0.4, -0.2) is 33.8 Å². The number of esters is 1. The molecule has 0 bridgehead atoms. The summed E-state index contributed by atoms with van der Waals surface area (Å²) in [6.07, 6.45) is 1.04. The Hall–Kier alpha value is -2.02. The van der Waals surface area contributed by atoms with E-state index in [1.807, 2.05) is 35.1 Å². The number of carbonyl (C=O) groups excluding carboxylic acids is 2. The monoisotopic (exact) mass is 307 g/mol. The van der Waals surface area contributed by atoms with Gasteiger partial charge in [0, 0.05) is 0 Å². The summed E-state index contributed by atoms with van der Waals surface area (Å²) in [5, 5.41) is 0. The number of hydrogen-bond acceptors (Lipinski definition) is 5. The van der Waals surface area contributed by atoms with Gasteiger partial charge in [-0.3, -0.25) is 9.59 Å². The van der Waals surface area contributed by atoms with E-state index in [2.05, 4.69) is 4.98 Å². The van der Waals surface area contributed by atoms with Crippen molar-refractivity contribution in [3.63, 3.8) is 0 Å². The molecule has 7 heteroatoms. The molecule has 0 aliphatic carbocycles. The SMILES string of the molecule is CSCc1nc2ccccc2n1CC(=O)O[C@H](C)C(N)=O. The van der Waals surface area contributed by atoms with E-state index in [9.17, 15) is 9.59 Å². The van der Waals surface area contributed by atoms with Gasteiger partial charge in [0.15, 0.2) is 6.10 Å². The summed E-state index contributed by atoms with van der Waals surface area (Å²) in [6, 6.07) is 7.58. The van der Waals surface area contributed by atoms with Crippen molar-refractivity contribution in [2.24, 2.45) is 5.73 Å². The molecule has 1 aromatic carbocycles. The fourth-order valence-corrected chi connectivity index (χ4v) is 2.44. The van der Waals surface area contributed by atoms with Gasteiger partial charge < -0.3 is 15.0 Å². The molecule has 1 amide bonds. The molecule has 0 saturated carbocycles. The van der Waals surface area contributed by atoms with Crippen LogP contribution in [0.1, 0.15) is 12.7 Å². The van der Waals surface area contributed by atoms with E-state index in [0.717, 1.165) is 16.9 Å². The lowest BCUT2D eigenvalue weighted by Gasteiger charge is -2.12. The second-order valence-corrected chi connectivity index (χ2v) is 5.44. The van der Waals surface area contributed by atoms with Crippen molar-refractivity contribution >= 4 is 34.7 Å². The van der Waals surface area contributed by atoms with Gasteiger partial charge in [-0.2, -0.15) is 11.8 Å². The third-order valence-corrected chi connectivity index (χ3v) is 3.55. The molecule has 112 valence electrons. The highest BCUT2D eigenvalue weighted by molar-refractivity contribution is 7.97. The van der Waals surface area contributed by atoms with Crippen molar-refractivity contribution in [2.45, 2.75) is 25.3 Å². The molecule has 2 N–H and O–H groups in total. The lowest BCUT2D eigenvalue weighted by atomic mass is 10.3. The molecule has 1 aromatic heterocycles. The third kappa shape index (κ3) is 3.55. The van der Waals surface area contributed by atoms with Crippen molar-refractivity contribution in [1.82, 2.24) is 9.55 Å². The molecular formula is C14H17N3O3S. The standard InChI is InChI=1S/C14H17N3O3S/c1-9(14(15)19)20-13(18)7-17-11-6-4-3-5-10(11)16-12(17)8-21-2/h3-6,9H,7-8H2,1-2H3,(H2,15,19)/t9-/m1/s1. The van der Waals surface area contributed by atoms with Crippen LogP contribution in [0.15, 0.2) is 24.3 Å². The number of thioether (sulfide) groups is 1. The summed E-state index contributed by atoms with van der Waals surface area (Å²) < 4.78 is 6.81. The number of primary amides is 1. The van der Waals surface area contributed by atoms with E-state index < -0.39 is 18.0 Å². The number of ether oxygens (including phenoxy) is 1. The van der Waals surface area contributed by atoms with Crippen molar-refractivity contribution < 1.29 is 14.3 Å². The van der Waals surface area contributed by atoms with Crippen LogP contribution in [0, 0.1) is 0 Å². The topological polar surface area (TPSA) is 87.2 Å². The smallest absolute Gasteiger partial charge is 0.326 e. The number of fused-ring (bicyclic) bond motifs is 1. The summed E-state index contributed by atoms with van der Waals surface area (Å²) in [6.45, 7) is 1.46. The lowest BCUT2D eigenvalue weighted by Crippen LogP contribution is -2.31. The number of aromatic nitrogens is 2. The van der Waals surface area contributed by atoms with E-state index in [-0.39, 0.29) is 6.54 Å². The highest BCUT2D eigenvalue weighted by Gasteiger charge is 2.18. The highest BCUT2D eigenvalue weighted by atomic mass is 32.2. The fraction of sp³-hybridized carbons (Fsp3) is 0.357. The molecule has 0 aliphatic heterocycles. The van der Waals surface area contributed by atoms with Crippen LogP contribution in [0.5, 0.6) is 0 Å². The van der Waals surface area contributed by atoms with Gasteiger partial charge >= 0.3 is 5.97 Å². The van der Waals surface area contributed by atoms with Crippen LogP contribution in [-0.2, 0) is 26.6 Å². The maximum Gasteiger partial charge on any atom is 0.326 e. The Bertz CT molecular complexity index is 669. The van der Waals surface area contributed by atoms with Crippen LogP contribution in [0.25, 0.3) is 11.0 Å². The van der Waals surface area contributed by atoms with Gasteiger partial charge in [-0.15, -0.1) is 0 Å². The first-order chi connectivity index (χ1) is 10.0. The second-order valence-electron chi connectivity index (χ2n) is 4.57. The zero-order chi connectivity index (χ0) is 15.4. The Morgan fingerprint density at radius 2 is 2.14 bits per heavy atom. The Labute approximate surface area is 126 Å². The molecule has 2 rings (SSSR count). The van der Waals surface area contributed by atoms with Gasteiger partial charge in [0.2, 0.25) is 0 Å². The molecule has 1 heterocycles. The minimum Gasteiger partial charge on any atom is -0.451 e. The first kappa shape index (κ1) is 15.4. The Morgan fingerprint density at radius 3 is 2.81 bits per heavy atom. The van der Waals surface area contributed by atoms with Crippen molar-refractivity contribution in [2.75, 3.05) is 6.26 Å². The van der Waals surface area contributed by atoms with Gasteiger partial charge in [0.1, 0.15) is 12.4 Å². The molecule has 2 aromatic rings. The predicted molar refractivity (Wildman–Crippen MR) is 81.7 cm³/mol. The summed E-state index contributed by atoms with van der Waals surface area (Å²) in [5.74, 6) is 0.315. The summed E-state index contributed by atoms with van der Waals surface area (Å²) in [5.41, 5.74) is 6.78. The molecule has 0 saturated heterocycles. The average Bonchev–Trinajstić information content (AvgIpc) is 2.77. The number of benzene rings is 1. The highest BCUT2D eigenvalue weighted by Crippen LogP contribution is 2.19. The van der Waals surface area contributed by atoms with Gasteiger partial charge in [0.25, 0.3) is 5.91 Å². The minimum absolute atomic E-state index is 0.00796. The van der Waals surface area contributed by atoms with Crippen LogP contribution in [0.4, 0.5) is 0 Å². The van der Waals surface area contributed by atoms with Crippen LogP contribution in [0.3, 0.4) is 0 Å². The number of nitrogens with two attached hydrogens (primary N) is 1. The molecule has 21 heavy (non-hydrogen) atoms. The average molecular weight is 307 g/mol. The quantitative estimate of drug-likeness (QED) is 0.813. The van der Waals surface area contributed by atoms with Crippen LogP contribution >= 0.6 is 11.8 Å². The lowest BCUT2D eigenvalue weighted by molar-refractivity contribution is -0.154. The van der Waals surface area contributed by atoms with Gasteiger partial charge in [-0.05, 0) is 25.3 Å². The molecule has 0 aliphatic rings. The predicted octanol–water partition coefficient (Wildman–Crippen LogP) is 1.32. The van der Waals surface area contributed by atoms with Crippen LogP contribution in [0.2, 0.25) is 0 Å². The second kappa shape index (κ2) is 6.62. The van der Waals surface area contributed by atoms with Crippen molar-refractivity contribution in [3.05, 3.63) is 30.1 Å². The summed E-state index contributed by atoms with van der Waals surface area (Å²) >= 11 is 1.62. The maximum atomic E-state index is 11.9. The molecular weight excluding hydrogens is 290 g/mol. The molecule has 0 spiro atoms. The first-order valence-electron chi connectivity index (χ1n) is 6.44. The van der Waals surface area contributed by atoms with Gasteiger partial charge in [0.05, 0.1) is 16.8 Å². The molecule has 0 fully saturated rings. The zero-order valence-electron chi connectivity index (χ0n) is 11.9. The number of carbonyl (C=O) groups is 2.